The molecule has 4 rings (SSSR count). The molecule has 0 radical (unpaired) electrons. The van der Waals surface area contributed by atoms with Crippen molar-refractivity contribution in [3.63, 3.8) is 0 Å². The number of nitrogens with zero attached hydrogens (tertiary/aromatic N) is 3. The molecule has 3 aromatic heterocycles. The van der Waals surface area contributed by atoms with Gasteiger partial charge >= 0.3 is 0 Å². The lowest BCUT2D eigenvalue weighted by Crippen LogP contribution is -2.28. The van der Waals surface area contributed by atoms with E-state index >= 15 is 0 Å². The monoisotopic (exact) mass is 365 g/mol. The maximum absolute atomic E-state index is 12.7. The summed E-state index contributed by atoms with van der Waals surface area (Å²) in [6.07, 6.45) is 1.93. The van der Waals surface area contributed by atoms with Crippen molar-refractivity contribution in [1.82, 2.24) is 24.8 Å². The van der Waals surface area contributed by atoms with Crippen LogP contribution in [0.2, 0.25) is 0 Å². The third-order valence-corrected chi connectivity index (χ3v) is 5.09. The number of imidazole rings is 1. The molecule has 0 aliphatic rings. The highest BCUT2D eigenvalue weighted by Gasteiger charge is 2.18. The Morgan fingerprint density at radius 2 is 2.12 bits per heavy atom. The van der Waals surface area contributed by atoms with Crippen molar-refractivity contribution in [2.24, 2.45) is 7.05 Å². The van der Waals surface area contributed by atoms with Gasteiger partial charge in [0, 0.05) is 24.2 Å². The summed E-state index contributed by atoms with van der Waals surface area (Å²) in [5.41, 5.74) is 4.28. The topological polar surface area (TPSA) is 75.6 Å². The van der Waals surface area contributed by atoms with E-state index in [9.17, 15) is 4.79 Å². The number of rotatable bonds is 4. The van der Waals surface area contributed by atoms with Crippen LogP contribution in [0.5, 0.6) is 0 Å². The Morgan fingerprint density at radius 1 is 1.31 bits per heavy atom. The zero-order valence-corrected chi connectivity index (χ0v) is 15.6. The van der Waals surface area contributed by atoms with E-state index in [2.05, 4.69) is 20.3 Å². The lowest BCUT2D eigenvalue weighted by atomic mass is 10.2. The maximum atomic E-state index is 12.7. The number of amides is 1. The first-order valence-corrected chi connectivity index (χ1v) is 9.23. The maximum Gasteiger partial charge on any atom is 0.268 e. The van der Waals surface area contributed by atoms with Crippen LogP contribution in [0, 0.1) is 6.92 Å². The number of thiazole rings is 1. The molecule has 132 valence electrons. The van der Waals surface area contributed by atoms with E-state index < -0.39 is 0 Å². The van der Waals surface area contributed by atoms with E-state index in [1.54, 1.807) is 11.3 Å². The van der Waals surface area contributed by atoms with Gasteiger partial charge in [0.1, 0.15) is 11.5 Å². The SMILES string of the molecule is Cc1nc(-c2cc(C(=O)N[C@H](C)c3nc4ccccc4[nH]3)n(C)c2)cs1. The fraction of sp³-hybridized carbons (Fsp3) is 0.211. The average Bonchev–Trinajstić information content (AvgIpc) is 3.32. The quantitative estimate of drug-likeness (QED) is 0.577. The first kappa shape index (κ1) is 16.5. The molecule has 2 N–H and O–H groups in total. The molecule has 4 aromatic rings. The van der Waals surface area contributed by atoms with Crippen LogP contribution in [0.15, 0.2) is 41.9 Å². The number of aromatic nitrogens is 4. The predicted octanol–water partition coefficient (Wildman–Crippen LogP) is 3.82. The molecule has 0 bridgehead atoms. The van der Waals surface area contributed by atoms with Gasteiger partial charge in [-0.1, -0.05) is 12.1 Å². The summed E-state index contributed by atoms with van der Waals surface area (Å²) in [5, 5.41) is 6.02. The number of carbonyl (C=O) groups excluding carboxylic acids is 1. The second kappa shape index (κ2) is 6.42. The van der Waals surface area contributed by atoms with E-state index in [0.717, 1.165) is 33.1 Å². The molecule has 6 nitrogen and oxygen atoms in total. The van der Waals surface area contributed by atoms with Crippen LogP contribution in [-0.4, -0.2) is 25.4 Å². The minimum Gasteiger partial charge on any atom is -0.346 e. The molecule has 7 heteroatoms. The van der Waals surface area contributed by atoms with Crippen molar-refractivity contribution in [1.29, 1.82) is 0 Å². The smallest absolute Gasteiger partial charge is 0.268 e. The molecule has 26 heavy (non-hydrogen) atoms. The molecule has 0 unspecified atom stereocenters. The zero-order valence-electron chi connectivity index (χ0n) is 14.8. The highest BCUT2D eigenvalue weighted by molar-refractivity contribution is 7.09. The number of hydrogen-bond acceptors (Lipinski definition) is 4. The van der Waals surface area contributed by atoms with E-state index in [1.807, 2.05) is 67.4 Å². The van der Waals surface area contributed by atoms with Crippen molar-refractivity contribution in [2.75, 3.05) is 0 Å². The van der Waals surface area contributed by atoms with Gasteiger partial charge in [-0.05, 0) is 32.0 Å². The molecule has 0 saturated heterocycles. The normalized spacial score (nSPS) is 12.4. The summed E-state index contributed by atoms with van der Waals surface area (Å²) in [5.74, 6) is 0.600. The number of aryl methyl sites for hydroxylation is 2. The number of aromatic amines is 1. The highest BCUT2D eigenvalue weighted by Crippen LogP contribution is 2.24. The molecular formula is C19H19N5OS. The Bertz CT molecular complexity index is 1060. The Kier molecular flexibility index (Phi) is 4.08. The Balaban J connectivity index is 1.55. The second-order valence-corrected chi connectivity index (χ2v) is 7.37. The summed E-state index contributed by atoms with van der Waals surface area (Å²) in [6.45, 7) is 3.89. The van der Waals surface area contributed by atoms with Gasteiger partial charge in [-0.15, -0.1) is 11.3 Å². The number of fused-ring (bicyclic) bond motifs is 1. The van der Waals surface area contributed by atoms with Crippen LogP contribution in [0.3, 0.4) is 0 Å². The predicted molar refractivity (Wildman–Crippen MR) is 103 cm³/mol. The van der Waals surface area contributed by atoms with Crippen LogP contribution < -0.4 is 5.32 Å². The number of H-pyrrole nitrogens is 1. The van der Waals surface area contributed by atoms with Gasteiger partial charge in [-0.3, -0.25) is 4.79 Å². The number of nitrogens with one attached hydrogen (secondary N) is 2. The Labute approximate surface area is 154 Å². The summed E-state index contributed by atoms with van der Waals surface area (Å²) in [7, 11) is 1.86. The summed E-state index contributed by atoms with van der Waals surface area (Å²) < 4.78 is 1.82. The van der Waals surface area contributed by atoms with Crippen molar-refractivity contribution >= 4 is 28.3 Å². The first-order valence-electron chi connectivity index (χ1n) is 8.35. The van der Waals surface area contributed by atoms with E-state index in [4.69, 9.17) is 0 Å². The average molecular weight is 365 g/mol. The van der Waals surface area contributed by atoms with E-state index in [0.29, 0.717) is 5.69 Å². The van der Waals surface area contributed by atoms with E-state index in [1.165, 1.54) is 0 Å². The van der Waals surface area contributed by atoms with Gasteiger partial charge in [-0.2, -0.15) is 0 Å². The molecular weight excluding hydrogens is 346 g/mol. The number of carbonyl (C=O) groups is 1. The number of benzene rings is 1. The third-order valence-electron chi connectivity index (χ3n) is 4.32. The molecule has 0 fully saturated rings. The third kappa shape index (κ3) is 3.01. The Hall–Kier alpha value is -2.93. The minimum atomic E-state index is -0.227. The molecule has 1 amide bonds. The lowest BCUT2D eigenvalue weighted by Gasteiger charge is -2.11. The van der Waals surface area contributed by atoms with Crippen molar-refractivity contribution in [3.8, 4) is 11.3 Å². The minimum absolute atomic E-state index is 0.140. The first-order chi connectivity index (χ1) is 12.5. The number of para-hydroxylation sites is 2. The summed E-state index contributed by atoms with van der Waals surface area (Å²) >= 11 is 1.60. The molecule has 0 aliphatic carbocycles. The fourth-order valence-electron chi connectivity index (χ4n) is 2.94. The van der Waals surface area contributed by atoms with Gasteiger partial charge in [0.15, 0.2) is 0 Å². The highest BCUT2D eigenvalue weighted by atomic mass is 32.1. The zero-order chi connectivity index (χ0) is 18.3. The van der Waals surface area contributed by atoms with Crippen LogP contribution in [0.1, 0.15) is 34.3 Å². The molecule has 0 spiro atoms. The van der Waals surface area contributed by atoms with Crippen molar-refractivity contribution in [3.05, 3.63) is 58.4 Å². The van der Waals surface area contributed by atoms with Crippen LogP contribution in [0.25, 0.3) is 22.3 Å². The standard InChI is InChI=1S/C19H19N5OS/c1-11(18-22-14-6-4-5-7-15(14)23-18)20-19(25)17-8-13(9-24(17)3)16-10-26-12(2)21-16/h4-11H,1-3H3,(H,20,25)(H,22,23)/t11-/m1/s1. The Morgan fingerprint density at radius 3 is 2.85 bits per heavy atom. The molecule has 3 heterocycles. The van der Waals surface area contributed by atoms with Gasteiger partial charge in [0.2, 0.25) is 0 Å². The molecule has 0 aliphatic heterocycles. The van der Waals surface area contributed by atoms with Gasteiger partial charge in [0.25, 0.3) is 5.91 Å². The lowest BCUT2D eigenvalue weighted by molar-refractivity contribution is 0.0930. The van der Waals surface area contributed by atoms with Crippen LogP contribution >= 0.6 is 11.3 Å². The second-order valence-electron chi connectivity index (χ2n) is 6.31. The fourth-order valence-corrected chi connectivity index (χ4v) is 3.56. The largest absolute Gasteiger partial charge is 0.346 e. The summed E-state index contributed by atoms with van der Waals surface area (Å²) in [4.78, 5) is 25.0. The number of hydrogen-bond donors (Lipinski definition) is 2. The van der Waals surface area contributed by atoms with E-state index in [-0.39, 0.29) is 11.9 Å². The van der Waals surface area contributed by atoms with Gasteiger partial charge in [0.05, 0.1) is 27.8 Å². The van der Waals surface area contributed by atoms with Crippen LogP contribution in [-0.2, 0) is 7.05 Å². The summed E-state index contributed by atoms with van der Waals surface area (Å²) in [6, 6.07) is 9.47. The molecule has 0 saturated carbocycles. The van der Waals surface area contributed by atoms with Crippen LogP contribution in [0.4, 0.5) is 0 Å². The van der Waals surface area contributed by atoms with Crippen molar-refractivity contribution < 1.29 is 4.79 Å². The molecule has 1 atom stereocenters. The molecule has 1 aromatic carbocycles. The van der Waals surface area contributed by atoms with Gasteiger partial charge in [-0.25, -0.2) is 9.97 Å². The van der Waals surface area contributed by atoms with Crippen molar-refractivity contribution in [2.45, 2.75) is 19.9 Å². The van der Waals surface area contributed by atoms with Gasteiger partial charge < -0.3 is 14.9 Å².